The molecule has 0 saturated heterocycles. The molecule has 0 spiro atoms. The topological polar surface area (TPSA) is 22.1 Å². The summed E-state index contributed by atoms with van der Waals surface area (Å²) in [6, 6.07) is 16.5. The number of alkyl halides is 3. The largest absolute Gasteiger partial charge is 0.489 e. The molecule has 0 saturated carbocycles. The van der Waals surface area contributed by atoms with Gasteiger partial charge in [-0.25, -0.2) is 0 Å². The zero-order valence-corrected chi connectivity index (χ0v) is 17.8. The molecule has 0 aliphatic rings. The number of pyridine rings is 1. The van der Waals surface area contributed by atoms with Gasteiger partial charge in [-0.15, -0.1) is 0 Å². The second kappa shape index (κ2) is 8.40. The summed E-state index contributed by atoms with van der Waals surface area (Å²) in [5.41, 5.74) is 2.00. The third kappa shape index (κ3) is 4.34. The van der Waals surface area contributed by atoms with E-state index in [9.17, 15) is 13.2 Å². The number of fused-ring (bicyclic) bond motifs is 1. The van der Waals surface area contributed by atoms with E-state index in [-0.39, 0.29) is 12.1 Å². The van der Waals surface area contributed by atoms with Crippen LogP contribution < -0.4 is 4.74 Å². The van der Waals surface area contributed by atoms with Crippen molar-refractivity contribution in [2.24, 2.45) is 0 Å². The van der Waals surface area contributed by atoms with Crippen molar-refractivity contribution in [2.75, 3.05) is 0 Å². The molecule has 1 aromatic heterocycles. The number of nitrogens with zero attached hydrogens (tertiary/aromatic N) is 1. The van der Waals surface area contributed by atoms with Gasteiger partial charge >= 0.3 is 6.18 Å². The van der Waals surface area contributed by atoms with Gasteiger partial charge in [-0.1, -0.05) is 53.5 Å². The van der Waals surface area contributed by atoms with Gasteiger partial charge in [0.25, 0.3) is 0 Å². The summed E-state index contributed by atoms with van der Waals surface area (Å²) in [6.45, 7) is 1.98. The van der Waals surface area contributed by atoms with Gasteiger partial charge in [0.05, 0.1) is 11.1 Å². The van der Waals surface area contributed by atoms with Crippen molar-refractivity contribution in [1.82, 2.24) is 4.98 Å². The first kappa shape index (κ1) is 21.5. The summed E-state index contributed by atoms with van der Waals surface area (Å²) in [7, 11) is 0. The van der Waals surface area contributed by atoms with Crippen molar-refractivity contribution in [1.29, 1.82) is 0 Å². The van der Waals surface area contributed by atoms with E-state index in [1.165, 1.54) is 12.3 Å². The molecule has 0 radical (unpaired) electrons. The van der Waals surface area contributed by atoms with Crippen LogP contribution in [0.3, 0.4) is 0 Å². The smallest absolute Gasteiger partial charge is 0.418 e. The summed E-state index contributed by atoms with van der Waals surface area (Å²) in [5, 5.41) is 1.43. The van der Waals surface area contributed by atoms with E-state index in [1.807, 2.05) is 13.0 Å². The molecule has 2 nitrogen and oxygen atoms in total. The van der Waals surface area contributed by atoms with Crippen LogP contribution in [0.25, 0.3) is 22.0 Å². The van der Waals surface area contributed by atoms with Crippen molar-refractivity contribution in [3.63, 3.8) is 0 Å². The number of hydrogen-bond acceptors (Lipinski definition) is 2. The first-order chi connectivity index (χ1) is 14.8. The molecule has 0 atom stereocenters. The zero-order valence-electron chi connectivity index (χ0n) is 16.3. The Balaban J connectivity index is 1.75. The molecule has 1 heterocycles. The molecule has 4 aromatic rings. The van der Waals surface area contributed by atoms with Crippen LogP contribution in [0.4, 0.5) is 13.2 Å². The maximum Gasteiger partial charge on any atom is 0.418 e. The highest BCUT2D eigenvalue weighted by Gasteiger charge is 2.33. The number of benzene rings is 3. The highest BCUT2D eigenvalue weighted by atomic mass is 35.5. The van der Waals surface area contributed by atoms with E-state index in [4.69, 9.17) is 27.9 Å². The third-order valence-corrected chi connectivity index (χ3v) is 5.67. The second-order valence-electron chi connectivity index (χ2n) is 7.03. The number of aromatic nitrogens is 1. The number of aryl methyl sites for hydroxylation is 1. The highest BCUT2D eigenvalue weighted by molar-refractivity contribution is 6.35. The van der Waals surface area contributed by atoms with Gasteiger partial charge in [0.2, 0.25) is 0 Å². The fourth-order valence-electron chi connectivity index (χ4n) is 3.50. The Labute approximate surface area is 187 Å². The van der Waals surface area contributed by atoms with E-state index in [0.29, 0.717) is 32.3 Å². The highest BCUT2D eigenvalue weighted by Crippen LogP contribution is 2.39. The van der Waals surface area contributed by atoms with E-state index in [0.717, 1.165) is 17.2 Å². The molecule has 0 unspecified atom stereocenters. The second-order valence-corrected chi connectivity index (χ2v) is 7.85. The molecule has 158 valence electrons. The van der Waals surface area contributed by atoms with Crippen molar-refractivity contribution < 1.29 is 17.9 Å². The predicted octanol–water partition coefficient (Wildman–Crippen LogP) is 8.11. The average molecular weight is 462 g/mol. The first-order valence-corrected chi connectivity index (χ1v) is 10.1. The maximum atomic E-state index is 13.5. The number of para-hydroxylation sites is 1. The Morgan fingerprint density at radius 1 is 0.935 bits per heavy atom. The molecule has 7 heteroatoms. The molecule has 0 aliphatic heterocycles. The maximum absolute atomic E-state index is 13.5. The molecule has 0 aliphatic carbocycles. The fourth-order valence-corrected chi connectivity index (χ4v) is 4.01. The van der Waals surface area contributed by atoms with Gasteiger partial charge in [-0.2, -0.15) is 13.2 Å². The van der Waals surface area contributed by atoms with Crippen molar-refractivity contribution >= 4 is 34.1 Å². The molecule has 0 bridgehead atoms. The SMILES string of the molecule is Cc1cnc2c(C(F)(F)F)cccc2c1-c1cccc(OCc2c(Cl)cccc2Cl)c1. The Bertz CT molecular complexity index is 1250. The van der Waals surface area contributed by atoms with Gasteiger partial charge in [0, 0.05) is 27.2 Å². The van der Waals surface area contributed by atoms with Gasteiger partial charge < -0.3 is 4.74 Å². The summed E-state index contributed by atoms with van der Waals surface area (Å²) in [6.07, 6.45) is -3.03. The van der Waals surface area contributed by atoms with Crippen LogP contribution in [-0.4, -0.2) is 4.98 Å². The predicted molar refractivity (Wildman–Crippen MR) is 118 cm³/mol. The summed E-state index contributed by atoms with van der Waals surface area (Å²) in [4.78, 5) is 4.07. The lowest BCUT2D eigenvalue weighted by atomic mass is 9.95. The van der Waals surface area contributed by atoms with Crippen LogP contribution in [0.5, 0.6) is 5.75 Å². The van der Waals surface area contributed by atoms with E-state index >= 15 is 0 Å². The minimum absolute atomic E-state index is 0.0789. The molecule has 31 heavy (non-hydrogen) atoms. The quantitative estimate of drug-likeness (QED) is 0.306. The lowest BCUT2D eigenvalue weighted by Gasteiger charge is -2.15. The average Bonchev–Trinajstić information content (AvgIpc) is 2.72. The van der Waals surface area contributed by atoms with Gasteiger partial charge in [-0.05, 0) is 53.9 Å². The summed E-state index contributed by atoms with van der Waals surface area (Å²) >= 11 is 12.4. The van der Waals surface area contributed by atoms with Crippen LogP contribution >= 0.6 is 23.2 Å². The number of ether oxygens (including phenoxy) is 1. The van der Waals surface area contributed by atoms with Gasteiger partial charge in [0.1, 0.15) is 12.4 Å². The minimum Gasteiger partial charge on any atom is -0.489 e. The molecule has 0 amide bonds. The Morgan fingerprint density at radius 2 is 1.61 bits per heavy atom. The lowest BCUT2D eigenvalue weighted by Crippen LogP contribution is -2.07. The zero-order chi connectivity index (χ0) is 22.2. The molecule has 3 aromatic carbocycles. The molecular weight excluding hydrogens is 446 g/mol. The van der Waals surface area contributed by atoms with Crippen LogP contribution in [0, 0.1) is 6.92 Å². The van der Waals surface area contributed by atoms with Gasteiger partial charge in [-0.3, -0.25) is 4.98 Å². The monoisotopic (exact) mass is 461 g/mol. The van der Waals surface area contributed by atoms with Crippen LogP contribution in [0.15, 0.2) is 66.9 Å². The molecule has 4 rings (SSSR count). The van der Waals surface area contributed by atoms with Crippen LogP contribution in [0.1, 0.15) is 16.7 Å². The van der Waals surface area contributed by atoms with Gasteiger partial charge in [0.15, 0.2) is 0 Å². The Morgan fingerprint density at radius 3 is 2.32 bits per heavy atom. The Hall–Kier alpha value is -2.76. The van der Waals surface area contributed by atoms with Crippen LogP contribution in [0.2, 0.25) is 10.0 Å². The summed E-state index contributed by atoms with van der Waals surface area (Å²) < 4.78 is 46.3. The van der Waals surface area contributed by atoms with Crippen LogP contribution in [-0.2, 0) is 12.8 Å². The standard InChI is InChI=1S/C24H16Cl2F3NO/c1-14-12-30-23-17(7-3-8-19(23)24(27,28)29)22(14)15-5-2-6-16(11-15)31-13-18-20(25)9-4-10-21(18)26/h2-12H,13H2,1H3. The van der Waals surface area contributed by atoms with Crippen molar-refractivity contribution in [2.45, 2.75) is 19.7 Å². The van der Waals surface area contributed by atoms with Crippen molar-refractivity contribution in [3.8, 4) is 16.9 Å². The fraction of sp³-hybridized carbons (Fsp3) is 0.125. The normalized spacial score (nSPS) is 11.7. The molecule has 0 fully saturated rings. The summed E-state index contributed by atoms with van der Waals surface area (Å²) in [5.74, 6) is 0.546. The molecule has 0 N–H and O–H groups in total. The van der Waals surface area contributed by atoms with E-state index < -0.39 is 11.7 Å². The Kier molecular flexibility index (Phi) is 5.82. The molecular formula is C24H16Cl2F3NO. The number of rotatable bonds is 4. The van der Waals surface area contributed by atoms with E-state index in [2.05, 4.69) is 4.98 Å². The third-order valence-electron chi connectivity index (χ3n) is 4.96. The van der Waals surface area contributed by atoms with E-state index in [1.54, 1.807) is 42.5 Å². The minimum atomic E-state index is -4.49. The number of hydrogen-bond donors (Lipinski definition) is 0. The van der Waals surface area contributed by atoms with Crippen molar-refractivity contribution in [3.05, 3.63) is 93.6 Å². The number of halogens is 5. The lowest BCUT2D eigenvalue weighted by molar-refractivity contribution is -0.136. The first-order valence-electron chi connectivity index (χ1n) is 9.37.